The minimum Gasteiger partial charge on any atom is -0.329 e. The molecule has 3 rings (SSSR count). The lowest BCUT2D eigenvalue weighted by atomic mass is 9.89. The van der Waals surface area contributed by atoms with Crippen molar-refractivity contribution >= 4 is 11.6 Å². The Morgan fingerprint density at radius 1 is 1.32 bits per heavy atom. The average Bonchev–Trinajstić information content (AvgIpc) is 3.04. The zero-order valence-electron chi connectivity index (χ0n) is 11.6. The van der Waals surface area contributed by atoms with Crippen LogP contribution in [0.25, 0.3) is 0 Å². The van der Waals surface area contributed by atoms with Crippen molar-refractivity contribution < 1.29 is 0 Å². The zero-order chi connectivity index (χ0) is 13.5. The van der Waals surface area contributed by atoms with E-state index in [-0.39, 0.29) is 5.54 Å². The largest absolute Gasteiger partial charge is 0.329 e. The van der Waals surface area contributed by atoms with Crippen molar-refractivity contribution in [1.82, 2.24) is 4.90 Å². The molecule has 1 heterocycles. The molecule has 2 fully saturated rings. The van der Waals surface area contributed by atoms with Crippen LogP contribution in [0.3, 0.4) is 0 Å². The third-order valence-electron chi connectivity index (χ3n) is 5.04. The average molecular weight is 279 g/mol. The molecule has 2 N–H and O–H groups in total. The van der Waals surface area contributed by atoms with E-state index in [0.29, 0.717) is 0 Å². The number of fused-ring (bicyclic) bond motifs is 2. The van der Waals surface area contributed by atoms with Gasteiger partial charge in [0.1, 0.15) is 0 Å². The summed E-state index contributed by atoms with van der Waals surface area (Å²) in [5.74, 6) is 0.918. The smallest absolute Gasteiger partial charge is 0.0406 e. The fourth-order valence-corrected chi connectivity index (χ4v) is 4.04. The summed E-state index contributed by atoms with van der Waals surface area (Å²) < 4.78 is 0. The van der Waals surface area contributed by atoms with E-state index in [0.717, 1.165) is 29.9 Å². The van der Waals surface area contributed by atoms with Crippen molar-refractivity contribution in [1.29, 1.82) is 0 Å². The summed E-state index contributed by atoms with van der Waals surface area (Å²) in [6.07, 6.45) is 5.18. The van der Waals surface area contributed by atoms with Crippen molar-refractivity contribution in [3.63, 3.8) is 0 Å². The van der Waals surface area contributed by atoms with Gasteiger partial charge in [-0.2, -0.15) is 0 Å². The second kappa shape index (κ2) is 5.08. The van der Waals surface area contributed by atoms with Crippen molar-refractivity contribution in [2.75, 3.05) is 13.1 Å². The molecule has 1 aliphatic carbocycles. The highest BCUT2D eigenvalue weighted by molar-refractivity contribution is 6.30. The van der Waals surface area contributed by atoms with Crippen LogP contribution in [-0.4, -0.2) is 29.6 Å². The summed E-state index contributed by atoms with van der Waals surface area (Å²) in [6, 6.07) is 8.98. The van der Waals surface area contributed by atoms with E-state index in [9.17, 15) is 0 Å². The first-order valence-corrected chi connectivity index (χ1v) is 7.70. The van der Waals surface area contributed by atoms with Crippen LogP contribution in [0, 0.1) is 5.92 Å². The number of hydrogen-bond acceptors (Lipinski definition) is 2. The van der Waals surface area contributed by atoms with Crippen LogP contribution in [0.1, 0.15) is 31.7 Å². The van der Waals surface area contributed by atoms with Gasteiger partial charge in [0.15, 0.2) is 0 Å². The molecule has 3 atom stereocenters. The lowest BCUT2D eigenvalue weighted by Gasteiger charge is -2.43. The van der Waals surface area contributed by atoms with E-state index in [2.05, 4.69) is 24.0 Å². The van der Waals surface area contributed by atoms with Crippen molar-refractivity contribution in [3.8, 4) is 0 Å². The summed E-state index contributed by atoms with van der Waals surface area (Å²) in [4.78, 5) is 2.68. The highest BCUT2D eigenvalue weighted by Gasteiger charge is 2.45. The number of nitrogens with two attached hydrogens (primary N) is 1. The Morgan fingerprint density at radius 2 is 2.05 bits per heavy atom. The Kier molecular flexibility index (Phi) is 3.59. The van der Waals surface area contributed by atoms with Gasteiger partial charge in [-0.15, -0.1) is 0 Å². The molecule has 0 amide bonds. The Balaban J connectivity index is 1.77. The first-order valence-electron chi connectivity index (χ1n) is 7.32. The first-order chi connectivity index (χ1) is 9.10. The topological polar surface area (TPSA) is 29.3 Å². The number of rotatable bonds is 4. The Morgan fingerprint density at radius 3 is 2.58 bits per heavy atom. The molecule has 3 heteroatoms. The molecule has 2 aliphatic rings. The van der Waals surface area contributed by atoms with E-state index >= 15 is 0 Å². The minimum atomic E-state index is 0.0909. The summed E-state index contributed by atoms with van der Waals surface area (Å²) in [6.45, 7) is 4.28. The van der Waals surface area contributed by atoms with E-state index in [1.54, 1.807) is 0 Å². The summed E-state index contributed by atoms with van der Waals surface area (Å²) in [5, 5.41) is 0.804. The lowest BCUT2D eigenvalue weighted by Crippen LogP contribution is -2.56. The van der Waals surface area contributed by atoms with Crippen LogP contribution in [-0.2, 0) is 6.42 Å². The Labute approximate surface area is 120 Å². The normalized spacial score (nSPS) is 29.6. The van der Waals surface area contributed by atoms with Crippen LogP contribution < -0.4 is 5.73 Å². The molecule has 2 nitrogen and oxygen atoms in total. The fourth-order valence-electron chi connectivity index (χ4n) is 3.92. The van der Waals surface area contributed by atoms with Gasteiger partial charge in [-0.25, -0.2) is 0 Å². The number of piperidine rings is 1. The quantitative estimate of drug-likeness (QED) is 0.917. The molecule has 1 aliphatic heterocycles. The second-order valence-electron chi connectivity index (χ2n) is 6.49. The summed E-state index contributed by atoms with van der Waals surface area (Å²) in [7, 11) is 0. The predicted octanol–water partition coefficient (Wildman–Crippen LogP) is 3.08. The van der Waals surface area contributed by atoms with Gasteiger partial charge in [-0.1, -0.05) is 23.7 Å². The number of benzene rings is 1. The van der Waals surface area contributed by atoms with E-state index in [1.165, 1.54) is 31.4 Å². The van der Waals surface area contributed by atoms with Gasteiger partial charge in [-0.3, -0.25) is 4.90 Å². The minimum absolute atomic E-state index is 0.0909. The molecule has 0 radical (unpaired) electrons. The summed E-state index contributed by atoms with van der Waals surface area (Å²) in [5.41, 5.74) is 7.55. The van der Waals surface area contributed by atoms with Gasteiger partial charge in [0.05, 0.1) is 0 Å². The fraction of sp³-hybridized carbons (Fsp3) is 0.625. The molecule has 104 valence electrons. The van der Waals surface area contributed by atoms with Crippen LogP contribution in [0.2, 0.25) is 5.02 Å². The van der Waals surface area contributed by atoms with Crippen LogP contribution in [0.15, 0.2) is 24.3 Å². The number of halogens is 1. The molecule has 1 saturated carbocycles. The Bertz CT molecular complexity index is 445. The zero-order valence-corrected chi connectivity index (χ0v) is 12.4. The maximum Gasteiger partial charge on any atom is 0.0406 e. The van der Waals surface area contributed by atoms with Crippen LogP contribution in [0.5, 0.6) is 0 Å². The van der Waals surface area contributed by atoms with Gasteiger partial charge < -0.3 is 5.73 Å². The highest BCUT2D eigenvalue weighted by Crippen LogP contribution is 2.41. The van der Waals surface area contributed by atoms with Crippen LogP contribution in [0.4, 0.5) is 0 Å². The maximum absolute atomic E-state index is 6.13. The molecule has 1 saturated heterocycles. The SMILES string of the molecule is CC(CN)(Cc1ccc(Cl)cc1)N1CC2CCC1C2. The standard InChI is InChI=1S/C16H23ClN2/c1-16(11-18,9-12-2-5-14(17)6-3-12)19-10-13-4-7-15(19)8-13/h2-3,5-6,13,15H,4,7-11,18H2,1H3. The molecule has 1 aromatic carbocycles. The maximum atomic E-state index is 6.13. The number of likely N-dealkylation sites (tertiary alicyclic amines) is 1. The van der Waals surface area contributed by atoms with E-state index in [4.69, 9.17) is 17.3 Å². The monoisotopic (exact) mass is 278 g/mol. The second-order valence-corrected chi connectivity index (χ2v) is 6.93. The molecular formula is C16H23ClN2. The van der Waals surface area contributed by atoms with Crippen molar-refractivity contribution in [3.05, 3.63) is 34.9 Å². The third kappa shape index (κ3) is 2.54. The van der Waals surface area contributed by atoms with E-state index in [1.807, 2.05) is 12.1 Å². The van der Waals surface area contributed by atoms with Crippen LogP contribution >= 0.6 is 11.6 Å². The molecule has 1 aromatic rings. The van der Waals surface area contributed by atoms with Gasteiger partial charge in [0, 0.05) is 29.7 Å². The molecule has 2 bridgehead atoms. The summed E-state index contributed by atoms with van der Waals surface area (Å²) >= 11 is 5.96. The predicted molar refractivity (Wildman–Crippen MR) is 80.5 cm³/mol. The number of nitrogens with zero attached hydrogens (tertiary/aromatic N) is 1. The molecule has 0 aromatic heterocycles. The van der Waals surface area contributed by atoms with Gasteiger partial charge in [0.2, 0.25) is 0 Å². The Hall–Kier alpha value is -0.570. The highest BCUT2D eigenvalue weighted by atomic mass is 35.5. The molecular weight excluding hydrogens is 256 g/mol. The third-order valence-corrected chi connectivity index (χ3v) is 5.29. The van der Waals surface area contributed by atoms with Gasteiger partial charge in [0.25, 0.3) is 0 Å². The van der Waals surface area contributed by atoms with Crippen molar-refractivity contribution in [2.24, 2.45) is 11.7 Å². The molecule has 3 unspecified atom stereocenters. The number of hydrogen-bond donors (Lipinski definition) is 1. The first kappa shape index (κ1) is 13.4. The van der Waals surface area contributed by atoms with Crippen molar-refractivity contribution in [2.45, 2.75) is 44.2 Å². The van der Waals surface area contributed by atoms with Gasteiger partial charge in [-0.05, 0) is 56.2 Å². The molecule has 19 heavy (non-hydrogen) atoms. The van der Waals surface area contributed by atoms with E-state index < -0.39 is 0 Å². The van der Waals surface area contributed by atoms with Gasteiger partial charge >= 0.3 is 0 Å². The molecule has 0 spiro atoms. The lowest BCUT2D eigenvalue weighted by molar-refractivity contribution is 0.0746.